The van der Waals surface area contributed by atoms with E-state index in [1.54, 1.807) is 0 Å². The van der Waals surface area contributed by atoms with Gasteiger partial charge >= 0.3 is 0 Å². The Morgan fingerprint density at radius 2 is 2.05 bits per heavy atom. The van der Waals surface area contributed by atoms with Crippen molar-refractivity contribution in [2.24, 2.45) is 0 Å². The van der Waals surface area contributed by atoms with Crippen molar-refractivity contribution >= 4 is 5.91 Å². The van der Waals surface area contributed by atoms with Gasteiger partial charge in [-0.05, 0) is 37.8 Å². The van der Waals surface area contributed by atoms with E-state index in [0.717, 1.165) is 42.6 Å². The molecule has 1 fully saturated rings. The van der Waals surface area contributed by atoms with E-state index in [9.17, 15) is 10.1 Å². The van der Waals surface area contributed by atoms with Crippen molar-refractivity contribution in [1.82, 2.24) is 4.90 Å². The lowest BCUT2D eigenvalue weighted by Gasteiger charge is -2.18. The van der Waals surface area contributed by atoms with Crippen LogP contribution in [0.2, 0.25) is 0 Å². The molecule has 0 aromatic heterocycles. The summed E-state index contributed by atoms with van der Waals surface area (Å²) in [5.74, 6) is -0.210. The fourth-order valence-corrected chi connectivity index (χ4v) is 2.63. The first-order valence-electron chi connectivity index (χ1n) is 6.86. The molecule has 0 spiro atoms. The van der Waals surface area contributed by atoms with E-state index >= 15 is 0 Å². The molecule has 1 atom stereocenters. The van der Waals surface area contributed by atoms with Gasteiger partial charge in [-0.15, -0.1) is 0 Å². The summed E-state index contributed by atoms with van der Waals surface area (Å²) in [6.45, 7) is 5.71. The molecule has 1 aliphatic rings. The number of rotatable bonds is 3. The van der Waals surface area contributed by atoms with Gasteiger partial charge in [-0.1, -0.05) is 23.8 Å². The molecule has 100 valence electrons. The van der Waals surface area contributed by atoms with Crippen molar-refractivity contribution in [1.29, 1.82) is 5.26 Å². The smallest absolute Gasteiger partial charge is 0.224 e. The minimum Gasteiger partial charge on any atom is -0.343 e. The Morgan fingerprint density at radius 3 is 2.68 bits per heavy atom. The predicted octanol–water partition coefficient (Wildman–Crippen LogP) is 2.92. The SMILES string of the molecule is Cc1ccc(C)c(C(C#N)CC(=O)N2CCCC2)c1. The molecule has 3 heteroatoms. The number of nitrogens with zero attached hydrogens (tertiary/aromatic N) is 2. The summed E-state index contributed by atoms with van der Waals surface area (Å²) in [5, 5.41) is 9.37. The zero-order chi connectivity index (χ0) is 13.8. The Balaban J connectivity index is 2.14. The maximum absolute atomic E-state index is 12.2. The first-order valence-corrected chi connectivity index (χ1v) is 6.86. The monoisotopic (exact) mass is 256 g/mol. The molecule has 3 nitrogen and oxygen atoms in total. The number of carbonyl (C=O) groups is 1. The highest BCUT2D eigenvalue weighted by atomic mass is 16.2. The summed E-state index contributed by atoms with van der Waals surface area (Å²) in [6, 6.07) is 8.38. The molecular weight excluding hydrogens is 236 g/mol. The molecule has 1 aromatic carbocycles. The number of carbonyl (C=O) groups excluding carboxylic acids is 1. The Bertz CT molecular complexity index is 510. The minimum absolute atomic E-state index is 0.116. The molecule has 1 aromatic rings. The molecular formula is C16H20N2O. The van der Waals surface area contributed by atoms with Gasteiger partial charge in [-0.25, -0.2) is 0 Å². The van der Waals surface area contributed by atoms with Crippen molar-refractivity contribution in [2.75, 3.05) is 13.1 Å². The highest BCUT2D eigenvalue weighted by molar-refractivity contribution is 5.78. The first kappa shape index (κ1) is 13.6. The van der Waals surface area contributed by atoms with Gasteiger partial charge in [0.1, 0.15) is 0 Å². The van der Waals surface area contributed by atoms with Crippen molar-refractivity contribution in [3.8, 4) is 6.07 Å². The van der Waals surface area contributed by atoms with Crippen LogP contribution in [-0.2, 0) is 4.79 Å². The number of benzene rings is 1. The molecule has 0 bridgehead atoms. The standard InChI is InChI=1S/C16H20N2O/c1-12-5-6-13(2)15(9-12)14(11-17)10-16(19)18-7-3-4-8-18/h5-6,9,14H,3-4,7-8,10H2,1-2H3. The molecule has 1 saturated heterocycles. The molecule has 19 heavy (non-hydrogen) atoms. The van der Waals surface area contributed by atoms with Crippen LogP contribution in [0.1, 0.15) is 41.9 Å². The van der Waals surface area contributed by atoms with Crippen molar-refractivity contribution in [3.63, 3.8) is 0 Å². The van der Waals surface area contributed by atoms with Crippen molar-refractivity contribution < 1.29 is 4.79 Å². The first-order chi connectivity index (χ1) is 9.11. The van der Waals surface area contributed by atoms with E-state index in [1.165, 1.54) is 0 Å². The summed E-state index contributed by atoms with van der Waals surface area (Å²) < 4.78 is 0. The van der Waals surface area contributed by atoms with E-state index in [1.807, 2.05) is 36.9 Å². The fraction of sp³-hybridized carbons (Fsp3) is 0.500. The average Bonchev–Trinajstić information content (AvgIpc) is 2.93. The molecule has 0 radical (unpaired) electrons. The zero-order valence-electron chi connectivity index (χ0n) is 11.6. The van der Waals surface area contributed by atoms with Gasteiger partial charge in [0.15, 0.2) is 0 Å². The maximum atomic E-state index is 12.2. The van der Waals surface area contributed by atoms with Crippen LogP contribution in [0.15, 0.2) is 18.2 Å². The third kappa shape index (κ3) is 3.14. The molecule has 0 aliphatic carbocycles. The van der Waals surface area contributed by atoms with Crippen LogP contribution in [0.4, 0.5) is 0 Å². The minimum atomic E-state index is -0.326. The summed E-state index contributed by atoms with van der Waals surface area (Å²) >= 11 is 0. The fourth-order valence-electron chi connectivity index (χ4n) is 2.63. The van der Waals surface area contributed by atoms with Crippen LogP contribution in [0.25, 0.3) is 0 Å². The van der Waals surface area contributed by atoms with E-state index < -0.39 is 0 Å². The largest absolute Gasteiger partial charge is 0.343 e. The molecule has 0 N–H and O–H groups in total. The lowest BCUT2D eigenvalue weighted by Crippen LogP contribution is -2.28. The average molecular weight is 256 g/mol. The summed E-state index contributed by atoms with van der Waals surface area (Å²) in [6.07, 6.45) is 2.49. The Labute approximate surface area is 114 Å². The number of likely N-dealkylation sites (tertiary alicyclic amines) is 1. The van der Waals surface area contributed by atoms with Crippen LogP contribution in [0.5, 0.6) is 0 Å². The summed E-state index contributed by atoms with van der Waals surface area (Å²) in [5.41, 5.74) is 3.22. The van der Waals surface area contributed by atoms with E-state index in [2.05, 4.69) is 6.07 Å². The van der Waals surface area contributed by atoms with Crippen molar-refractivity contribution in [3.05, 3.63) is 34.9 Å². The number of nitriles is 1. The normalized spacial score (nSPS) is 16.2. The van der Waals surface area contributed by atoms with Gasteiger partial charge in [0, 0.05) is 19.5 Å². The van der Waals surface area contributed by atoms with Crippen LogP contribution < -0.4 is 0 Å². The van der Waals surface area contributed by atoms with Gasteiger partial charge in [0.2, 0.25) is 5.91 Å². The summed E-state index contributed by atoms with van der Waals surface area (Å²) in [4.78, 5) is 14.0. The van der Waals surface area contributed by atoms with Crippen LogP contribution in [-0.4, -0.2) is 23.9 Å². The highest BCUT2D eigenvalue weighted by Gasteiger charge is 2.23. The second-order valence-corrected chi connectivity index (χ2v) is 5.33. The van der Waals surface area contributed by atoms with Crippen LogP contribution in [0, 0.1) is 25.2 Å². The third-order valence-electron chi connectivity index (χ3n) is 3.80. The second kappa shape index (κ2) is 5.88. The summed E-state index contributed by atoms with van der Waals surface area (Å²) in [7, 11) is 0. The third-order valence-corrected chi connectivity index (χ3v) is 3.80. The molecule has 0 saturated carbocycles. The van der Waals surface area contributed by atoms with Gasteiger partial charge in [0.25, 0.3) is 0 Å². The Morgan fingerprint density at radius 1 is 1.37 bits per heavy atom. The van der Waals surface area contributed by atoms with E-state index in [-0.39, 0.29) is 11.8 Å². The number of aryl methyl sites for hydroxylation is 2. The Kier molecular flexibility index (Phi) is 4.21. The van der Waals surface area contributed by atoms with Crippen molar-refractivity contribution in [2.45, 2.75) is 39.0 Å². The van der Waals surface area contributed by atoms with E-state index in [4.69, 9.17) is 0 Å². The van der Waals surface area contributed by atoms with Crippen LogP contribution in [0.3, 0.4) is 0 Å². The van der Waals surface area contributed by atoms with Gasteiger partial charge in [-0.3, -0.25) is 4.79 Å². The quantitative estimate of drug-likeness (QED) is 0.834. The highest BCUT2D eigenvalue weighted by Crippen LogP contribution is 2.25. The van der Waals surface area contributed by atoms with Gasteiger partial charge < -0.3 is 4.90 Å². The number of amides is 1. The Hall–Kier alpha value is -1.82. The molecule has 1 unspecified atom stereocenters. The predicted molar refractivity (Wildman–Crippen MR) is 74.7 cm³/mol. The second-order valence-electron chi connectivity index (χ2n) is 5.33. The molecule has 1 amide bonds. The lowest BCUT2D eigenvalue weighted by molar-refractivity contribution is -0.130. The number of hydrogen-bond acceptors (Lipinski definition) is 2. The zero-order valence-corrected chi connectivity index (χ0v) is 11.6. The number of hydrogen-bond donors (Lipinski definition) is 0. The molecule has 1 aliphatic heterocycles. The lowest BCUT2D eigenvalue weighted by atomic mass is 9.91. The molecule has 2 rings (SSSR count). The topological polar surface area (TPSA) is 44.1 Å². The van der Waals surface area contributed by atoms with Gasteiger partial charge in [-0.2, -0.15) is 5.26 Å². The molecule has 1 heterocycles. The van der Waals surface area contributed by atoms with Crippen LogP contribution >= 0.6 is 0 Å². The maximum Gasteiger partial charge on any atom is 0.224 e. The van der Waals surface area contributed by atoms with Gasteiger partial charge in [0.05, 0.1) is 12.0 Å². The van der Waals surface area contributed by atoms with E-state index in [0.29, 0.717) is 6.42 Å².